The third kappa shape index (κ3) is 4.39. The summed E-state index contributed by atoms with van der Waals surface area (Å²) in [6.07, 6.45) is 0. The molecule has 0 spiro atoms. The molecule has 0 fully saturated rings. The molecular weight excluding hydrogens is 347 g/mol. The van der Waals surface area contributed by atoms with Crippen LogP contribution in [0.5, 0.6) is 5.75 Å². The summed E-state index contributed by atoms with van der Waals surface area (Å²) in [6, 6.07) is 10.5. The van der Waals surface area contributed by atoms with Crippen molar-refractivity contribution >= 4 is 21.6 Å². The minimum atomic E-state index is -2.86. The zero-order chi connectivity index (χ0) is 15.4. The van der Waals surface area contributed by atoms with Crippen LogP contribution in [0.25, 0.3) is 0 Å². The van der Waals surface area contributed by atoms with Gasteiger partial charge in [0, 0.05) is 10.5 Å². The van der Waals surface area contributed by atoms with E-state index in [9.17, 15) is 13.2 Å². The smallest absolute Gasteiger partial charge is 0.387 e. The Morgan fingerprint density at radius 1 is 1.14 bits per heavy atom. The molecule has 2 aromatic carbocycles. The number of alkyl halides is 2. The minimum absolute atomic E-state index is 0.0921. The van der Waals surface area contributed by atoms with Crippen LogP contribution in [0.3, 0.4) is 0 Å². The van der Waals surface area contributed by atoms with Gasteiger partial charge in [-0.25, -0.2) is 4.39 Å². The number of ether oxygens (including phenoxy) is 1. The summed E-state index contributed by atoms with van der Waals surface area (Å²) in [6.45, 7) is -1.01. The van der Waals surface area contributed by atoms with E-state index in [0.29, 0.717) is 5.69 Å². The third-order valence-corrected chi connectivity index (χ3v) is 3.58. The fourth-order valence-corrected chi connectivity index (χ4v) is 2.25. The molecule has 0 saturated carbocycles. The van der Waals surface area contributed by atoms with Gasteiger partial charge in [-0.3, -0.25) is 0 Å². The van der Waals surface area contributed by atoms with Crippen molar-refractivity contribution in [2.45, 2.75) is 19.6 Å². The van der Waals surface area contributed by atoms with Gasteiger partial charge >= 0.3 is 6.61 Å². The van der Waals surface area contributed by atoms with Crippen LogP contribution in [0.1, 0.15) is 18.5 Å². The molecule has 2 aromatic rings. The van der Waals surface area contributed by atoms with Crippen LogP contribution in [0.15, 0.2) is 46.9 Å². The first kappa shape index (κ1) is 15.7. The quantitative estimate of drug-likeness (QED) is 0.775. The molecule has 21 heavy (non-hydrogen) atoms. The van der Waals surface area contributed by atoms with Gasteiger partial charge in [0.15, 0.2) is 0 Å². The summed E-state index contributed by atoms with van der Waals surface area (Å²) in [5, 5.41) is 3.12. The zero-order valence-electron chi connectivity index (χ0n) is 11.1. The number of hydrogen-bond acceptors (Lipinski definition) is 2. The van der Waals surface area contributed by atoms with Gasteiger partial charge in [0.25, 0.3) is 0 Å². The number of nitrogens with one attached hydrogen (secondary N) is 1. The highest BCUT2D eigenvalue weighted by molar-refractivity contribution is 9.10. The van der Waals surface area contributed by atoms with Crippen molar-refractivity contribution in [3.63, 3.8) is 0 Å². The fourth-order valence-electron chi connectivity index (χ4n) is 1.88. The highest BCUT2D eigenvalue weighted by atomic mass is 79.9. The summed E-state index contributed by atoms with van der Waals surface area (Å²) in [5.41, 5.74) is 1.34. The maximum atomic E-state index is 13.2. The topological polar surface area (TPSA) is 21.3 Å². The summed E-state index contributed by atoms with van der Waals surface area (Å²) in [5.74, 6) is -0.267. The van der Waals surface area contributed by atoms with E-state index in [2.05, 4.69) is 26.0 Å². The van der Waals surface area contributed by atoms with Crippen molar-refractivity contribution < 1.29 is 17.9 Å². The Labute approximate surface area is 129 Å². The molecule has 112 valence electrons. The summed E-state index contributed by atoms with van der Waals surface area (Å²) in [4.78, 5) is 0. The molecule has 0 aromatic heterocycles. The number of halogens is 4. The Morgan fingerprint density at radius 3 is 2.62 bits per heavy atom. The van der Waals surface area contributed by atoms with Crippen LogP contribution >= 0.6 is 15.9 Å². The summed E-state index contributed by atoms with van der Waals surface area (Å²) < 4.78 is 42.8. The molecule has 2 nitrogen and oxygen atoms in total. The van der Waals surface area contributed by atoms with Gasteiger partial charge < -0.3 is 10.1 Å². The number of hydrogen-bond donors (Lipinski definition) is 1. The average molecular weight is 360 g/mol. The molecule has 0 aliphatic carbocycles. The second-order valence-electron chi connectivity index (χ2n) is 4.44. The Kier molecular flexibility index (Phi) is 5.12. The van der Waals surface area contributed by atoms with E-state index in [-0.39, 0.29) is 17.6 Å². The molecule has 1 N–H and O–H groups in total. The predicted molar refractivity (Wildman–Crippen MR) is 79.2 cm³/mol. The number of rotatable bonds is 5. The largest absolute Gasteiger partial charge is 0.435 e. The van der Waals surface area contributed by atoms with Crippen LogP contribution < -0.4 is 10.1 Å². The lowest BCUT2D eigenvalue weighted by Crippen LogP contribution is -2.08. The molecule has 0 radical (unpaired) electrons. The maximum Gasteiger partial charge on any atom is 0.387 e. The molecular formula is C15H13BrF3NO. The van der Waals surface area contributed by atoms with Gasteiger partial charge in [-0.1, -0.05) is 12.1 Å². The van der Waals surface area contributed by atoms with Gasteiger partial charge in [0.2, 0.25) is 0 Å². The molecule has 0 amide bonds. The Morgan fingerprint density at radius 2 is 1.90 bits per heavy atom. The molecule has 6 heteroatoms. The van der Waals surface area contributed by atoms with Crippen molar-refractivity contribution in [3.8, 4) is 5.75 Å². The second kappa shape index (κ2) is 6.85. The van der Waals surface area contributed by atoms with E-state index < -0.39 is 6.61 Å². The van der Waals surface area contributed by atoms with Crippen LogP contribution in [-0.2, 0) is 0 Å². The molecule has 2 rings (SSSR count). The monoisotopic (exact) mass is 359 g/mol. The highest BCUT2D eigenvalue weighted by Crippen LogP contribution is 2.28. The first-order valence-corrected chi connectivity index (χ1v) is 7.01. The first-order valence-electron chi connectivity index (χ1n) is 6.22. The lowest BCUT2D eigenvalue weighted by molar-refractivity contribution is -0.0498. The van der Waals surface area contributed by atoms with E-state index >= 15 is 0 Å². The van der Waals surface area contributed by atoms with Crippen molar-refractivity contribution in [1.82, 2.24) is 0 Å². The lowest BCUT2D eigenvalue weighted by atomic mass is 10.1. The van der Waals surface area contributed by atoms with Gasteiger partial charge in [0.05, 0.1) is 5.69 Å². The predicted octanol–water partition coefficient (Wildman–Crippen LogP) is 5.36. The van der Waals surface area contributed by atoms with Crippen LogP contribution in [0.2, 0.25) is 0 Å². The summed E-state index contributed by atoms with van der Waals surface area (Å²) in [7, 11) is 0. The first-order chi connectivity index (χ1) is 9.95. The maximum absolute atomic E-state index is 13.2. The molecule has 1 unspecified atom stereocenters. The SMILES string of the molecule is CC(Nc1cc(F)ccc1Br)c1cccc(OC(F)F)c1. The van der Waals surface area contributed by atoms with Gasteiger partial charge in [0.1, 0.15) is 11.6 Å². The second-order valence-corrected chi connectivity index (χ2v) is 5.30. The van der Waals surface area contributed by atoms with Crippen LogP contribution in [-0.4, -0.2) is 6.61 Å². The molecule has 0 heterocycles. The van der Waals surface area contributed by atoms with Crippen LogP contribution in [0.4, 0.5) is 18.9 Å². The van der Waals surface area contributed by atoms with E-state index in [1.165, 1.54) is 24.3 Å². The van der Waals surface area contributed by atoms with E-state index in [1.807, 2.05) is 6.92 Å². The molecule has 0 bridgehead atoms. The number of benzene rings is 2. The van der Waals surface area contributed by atoms with Gasteiger partial charge in [-0.05, 0) is 58.7 Å². The van der Waals surface area contributed by atoms with Crippen molar-refractivity contribution in [2.24, 2.45) is 0 Å². The Hall–Kier alpha value is -1.69. The molecule has 0 aliphatic heterocycles. The summed E-state index contributed by atoms with van der Waals surface area (Å²) >= 11 is 3.33. The molecule has 1 atom stereocenters. The fraction of sp³-hybridized carbons (Fsp3) is 0.200. The normalized spacial score (nSPS) is 12.3. The molecule has 0 aliphatic rings. The minimum Gasteiger partial charge on any atom is -0.435 e. The standard InChI is InChI=1S/C15H13BrF3NO/c1-9(20-14-8-11(17)5-6-13(14)16)10-3-2-4-12(7-10)21-15(18)19/h2-9,15,20H,1H3. The van der Waals surface area contributed by atoms with E-state index in [4.69, 9.17) is 0 Å². The number of anilines is 1. The van der Waals surface area contributed by atoms with Crippen molar-refractivity contribution in [1.29, 1.82) is 0 Å². The van der Waals surface area contributed by atoms with Crippen LogP contribution in [0, 0.1) is 5.82 Å². The van der Waals surface area contributed by atoms with Gasteiger partial charge in [-0.15, -0.1) is 0 Å². The van der Waals surface area contributed by atoms with E-state index in [1.54, 1.807) is 18.2 Å². The lowest BCUT2D eigenvalue weighted by Gasteiger charge is -2.18. The zero-order valence-corrected chi connectivity index (χ0v) is 12.7. The third-order valence-electron chi connectivity index (χ3n) is 2.88. The highest BCUT2D eigenvalue weighted by Gasteiger charge is 2.11. The Balaban J connectivity index is 2.16. The molecule has 0 saturated heterocycles. The van der Waals surface area contributed by atoms with Crippen molar-refractivity contribution in [3.05, 3.63) is 58.3 Å². The van der Waals surface area contributed by atoms with Crippen molar-refractivity contribution in [2.75, 3.05) is 5.32 Å². The Bertz CT molecular complexity index is 622. The average Bonchev–Trinajstić information content (AvgIpc) is 2.42. The van der Waals surface area contributed by atoms with Gasteiger partial charge in [-0.2, -0.15) is 8.78 Å². The van der Waals surface area contributed by atoms with E-state index in [0.717, 1.165) is 10.0 Å².